The zero-order valence-electron chi connectivity index (χ0n) is 24.0. The smallest absolute Gasteiger partial charge is 0.247 e. The Morgan fingerprint density at radius 1 is 1.12 bits per heavy atom. The number of benzene rings is 2. The van der Waals surface area contributed by atoms with Gasteiger partial charge in [-0.1, -0.05) is 11.2 Å². The van der Waals surface area contributed by atoms with Crippen LogP contribution in [0.4, 0.5) is 8.78 Å². The predicted molar refractivity (Wildman–Crippen MR) is 152 cm³/mol. The monoisotopic (exact) mass is 616 g/mol. The molecular weight excluding hydrogens is 582 g/mol. The van der Waals surface area contributed by atoms with Crippen molar-refractivity contribution >= 4 is 15.9 Å². The minimum atomic E-state index is -4.29. The van der Waals surface area contributed by atoms with E-state index in [1.807, 2.05) is 13.8 Å². The van der Waals surface area contributed by atoms with Gasteiger partial charge in [-0.15, -0.1) is 0 Å². The minimum absolute atomic E-state index is 0.00158. The molecule has 2 N–H and O–H groups in total. The van der Waals surface area contributed by atoms with Crippen molar-refractivity contribution in [1.29, 1.82) is 0 Å². The number of nitrogens with one attached hydrogen (secondary N) is 1. The third-order valence-corrected chi connectivity index (χ3v) is 10.8. The van der Waals surface area contributed by atoms with Crippen LogP contribution in [0.25, 0.3) is 11.1 Å². The van der Waals surface area contributed by atoms with Gasteiger partial charge in [-0.3, -0.25) is 9.69 Å². The molecule has 0 saturated carbocycles. The van der Waals surface area contributed by atoms with E-state index >= 15 is 0 Å². The van der Waals surface area contributed by atoms with Crippen LogP contribution < -0.4 is 10.1 Å². The zero-order chi connectivity index (χ0) is 30.5. The van der Waals surface area contributed by atoms with Gasteiger partial charge in [0.1, 0.15) is 34.1 Å². The molecule has 2 aromatic carbocycles. The van der Waals surface area contributed by atoms with Gasteiger partial charge in [0.25, 0.3) is 0 Å². The number of aliphatic hydroxyl groups is 1. The first-order valence-corrected chi connectivity index (χ1v) is 15.8. The van der Waals surface area contributed by atoms with Crippen molar-refractivity contribution in [3.8, 4) is 16.9 Å². The number of sulfonamides is 1. The van der Waals surface area contributed by atoms with Crippen LogP contribution in [0.1, 0.15) is 42.7 Å². The average molecular weight is 617 g/mol. The van der Waals surface area contributed by atoms with E-state index < -0.39 is 45.2 Å². The molecule has 2 saturated heterocycles. The molecule has 4 heterocycles. The highest BCUT2D eigenvalue weighted by Crippen LogP contribution is 2.38. The van der Waals surface area contributed by atoms with Crippen molar-refractivity contribution in [3.05, 3.63) is 65.1 Å². The van der Waals surface area contributed by atoms with E-state index in [1.54, 1.807) is 0 Å². The number of amides is 1. The Hall–Kier alpha value is -3.39. The van der Waals surface area contributed by atoms with Crippen LogP contribution in [0, 0.1) is 25.5 Å². The fourth-order valence-corrected chi connectivity index (χ4v) is 8.12. The van der Waals surface area contributed by atoms with E-state index in [9.17, 15) is 27.1 Å². The summed E-state index contributed by atoms with van der Waals surface area (Å²) in [6.45, 7) is 5.64. The lowest BCUT2D eigenvalue weighted by Crippen LogP contribution is -2.59. The summed E-state index contributed by atoms with van der Waals surface area (Å²) in [5, 5.41) is 17.7. The molecule has 43 heavy (non-hydrogen) atoms. The largest absolute Gasteiger partial charge is 0.492 e. The van der Waals surface area contributed by atoms with Crippen LogP contribution >= 0.6 is 0 Å². The SMILES string of the molecule is Cc1noc(C)c1CN1CCC2(CCOc3cc(-c4ccc(F)cc4F)ccc3S(=O)(=O)N3C[C@H](O)C[C@H]3C(=O)N2)CC1. The second-order valence-electron chi connectivity index (χ2n) is 11.7. The Morgan fingerprint density at radius 2 is 1.88 bits per heavy atom. The van der Waals surface area contributed by atoms with Crippen LogP contribution in [0.2, 0.25) is 0 Å². The molecule has 3 aliphatic heterocycles. The molecule has 0 radical (unpaired) electrons. The van der Waals surface area contributed by atoms with Gasteiger partial charge in [-0.05, 0) is 56.5 Å². The van der Waals surface area contributed by atoms with E-state index in [0.717, 1.165) is 33.5 Å². The predicted octanol–water partition coefficient (Wildman–Crippen LogP) is 3.29. The number of likely N-dealkylation sites (tertiary alicyclic amines) is 1. The first kappa shape index (κ1) is 29.7. The van der Waals surface area contributed by atoms with Crippen molar-refractivity contribution in [2.75, 3.05) is 26.2 Å². The summed E-state index contributed by atoms with van der Waals surface area (Å²) in [4.78, 5) is 15.8. The molecule has 2 fully saturated rings. The van der Waals surface area contributed by atoms with E-state index in [2.05, 4.69) is 15.4 Å². The van der Waals surface area contributed by atoms with Crippen LogP contribution in [0.3, 0.4) is 0 Å². The number of halogens is 2. The fraction of sp³-hybridized carbons (Fsp3) is 0.467. The number of aryl methyl sites for hydroxylation is 2. The number of carbonyl (C=O) groups is 1. The number of ether oxygens (including phenoxy) is 1. The first-order valence-electron chi connectivity index (χ1n) is 14.3. The molecule has 10 nitrogen and oxygen atoms in total. The molecule has 1 aromatic heterocycles. The second kappa shape index (κ2) is 11.3. The summed E-state index contributed by atoms with van der Waals surface area (Å²) in [5.74, 6) is -1.20. The van der Waals surface area contributed by atoms with Crippen LogP contribution in [-0.4, -0.2) is 77.7 Å². The summed E-state index contributed by atoms with van der Waals surface area (Å²) in [6, 6.07) is 6.23. The van der Waals surface area contributed by atoms with E-state index in [0.29, 0.717) is 44.5 Å². The van der Waals surface area contributed by atoms with Gasteiger partial charge in [0, 0.05) is 61.8 Å². The lowest BCUT2D eigenvalue weighted by molar-refractivity contribution is -0.127. The highest BCUT2D eigenvalue weighted by Gasteiger charge is 2.47. The number of aliphatic hydroxyl groups excluding tert-OH is 1. The van der Waals surface area contributed by atoms with Crippen molar-refractivity contribution in [1.82, 2.24) is 19.7 Å². The maximum absolute atomic E-state index is 14.6. The molecule has 6 rings (SSSR count). The summed E-state index contributed by atoms with van der Waals surface area (Å²) >= 11 is 0. The van der Waals surface area contributed by atoms with E-state index in [4.69, 9.17) is 9.26 Å². The molecule has 3 aliphatic rings. The third kappa shape index (κ3) is 5.66. The fourth-order valence-electron chi connectivity index (χ4n) is 6.37. The quantitative estimate of drug-likeness (QED) is 0.460. The van der Waals surface area contributed by atoms with E-state index in [-0.39, 0.29) is 35.8 Å². The molecule has 13 heteroatoms. The number of hydrogen-bond donors (Lipinski definition) is 2. The molecule has 230 valence electrons. The normalized spacial score (nSPS) is 24.1. The number of fused-ring (bicyclic) bond motifs is 2. The van der Waals surface area contributed by atoms with Gasteiger partial charge in [-0.25, -0.2) is 17.2 Å². The van der Waals surface area contributed by atoms with E-state index in [1.165, 1.54) is 24.3 Å². The number of nitrogens with zero attached hydrogens (tertiary/aromatic N) is 3. The summed E-state index contributed by atoms with van der Waals surface area (Å²) < 4.78 is 68.5. The number of aromatic nitrogens is 1. The van der Waals surface area contributed by atoms with Crippen LogP contribution in [-0.2, 0) is 21.4 Å². The molecule has 0 bridgehead atoms. The van der Waals surface area contributed by atoms with Gasteiger partial charge in [0.2, 0.25) is 15.9 Å². The Balaban J connectivity index is 1.32. The van der Waals surface area contributed by atoms with Gasteiger partial charge < -0.3 is 19.7 Å². The molecule has 1 amide bonds. The average Bonchev–Trinajstić information content (AvgIpc) is 3.51. The van der Waals surface area contributed by atoms with Gasteiger partial charge >= 0.3 is 0 Å². The summed E-state index contributed by atoms with van der Waals surface area (Å²) in [5.41, 5.74) is 1.62. The van der Waals surface area contributed by atoms with Crippen molar-refractivity contribution in [2.45, 2.75) is 68.7 Å². The molecule has 3 aromatic rings. The molecular formula is C30H34F2N4O6S. The topological polar surface area (TPSA) is 125 Å². The maximum atomic E-state index is 14.6. The summed E-state index contributed by atoms with van der Waals surface area (Å²) in [7, 11) is -4.29. The number of rotatable bonds is 3. The zero-order valence-corrected chi connectivity index (χ0v) is 24.8. The highest BCUT2D eigenvalue weighted by atomic mass is 32.2. The Labute approximate surface area is 248 Å². The minimum Gasteiger partial charge on any atom is -0.492 e. The Kier molecular flexibility index (Phi) is 7.78. The number of piperidine rings is 1. The Morgan fingerprint density at radius 3 is 2.58 bits per heavy atom. The molecule has 0 unspecified atom stereocenters. The molecule has 2 atom stereocenters. The maximum Gasteiger partial charge on any atom is 0.247 e. The van der Waals surface area contributed by atoms with Gasteiger partial charge in [0.15, 0.2) is 0 Å². The lowest BCUT2D eigenvalue weighted by atomic mass is 9.84. The molecule has 0 aliphatic carbocycles. The van der Waals surface area contributed by atoms with Gasteiger partial charge in [-0.2, -0.15) is 4.31 Å². The Bertz CT molecular complexity index is 1630. The highest BCUT2D eigenvalue weighted by molar-refractivity contribution is 7.89. The van der Waals surface area contributed by atoms with Crippen molar-refractivity contribution in [3.63, 3.8) is 0 Å². The van der Waals surface area contributed by atoms with Crippen molar-refractivity contribution < 1.29 is 36.4 Å². The standard InChI is InChI=1S/C30H34F2N4O6S/c1-18-24(19(2)42-34-18)17-35-10-7-30(8-11-35)9-12-41-27-13-20(23-5-4-21(31)14-25(23)32)3-6-28(27)43(39,40)36-16-22(37)15-26(36)29(38)33-30/h3-6,13-14,22,26,37H,7-12,15-17H2,1-2H3,(H,33,38)/t22-,26+/m1/s1. The number of hydrogen-bond acceptors (Lipinski definition) is 8. The third-order valence-electron chi connectivity index (χ3n) is 8.91. The van der Waals surface area contributed by atoms with Gasteiger partial charge in [0.05, 0.1) is 18.4 Å². The molecule has 1 spiro atoms. The van der Waals surface area contributed by atoms with Crippen LogP contribution in [0.15, 0.2) is 45.8 Å². The lowest BCUT2D eigenvalue weighted by Gasteiger charge is -2.43. The summed E-state index contributed by atoms with van der Waals surface area (Å²) in [6.07, 6.45) is 0.553. The van der Waals surface area contributed by atoms with Crippen LogP contribution in [0.5, 0.6) is 5.75 Å². The number of carbonyl (C=O) groups excluding carboxylic acids is 1. The van der Waals surface area contributed by atoms with Crippen molar-refractivity contribution in [2.24, 2.45) is 0 Å². The first-order chi connectivity index (χ1) is 20.5. The second-order valence-corrected chi connectivity index (χ2v) is 13.6.